The van der Waals surface area contributed by atoms with E-state index in [0.29, 0.717) is 29.1 Å². The van der Waals surface area contributed by atoms with E-state index in [0.717, 1.165) is 16.8 Å². The number of hydrogen-bond donors (Lipinski definition) is 1. The predicted molar refractivity (Wildman–Crippen MR) is 103 cm³/mol. The molecule has 6 nitrogen and oxygen atoms in total. The lowest BCUT2D eigenvalue weighted by Gasteiger charge is -2.13. The van der Waals surface area contributed by atoms with Crippen LogP contribution in [0.1, 0.15) is 16.8 Å². The largest absolute Gasteiger partial charge is 0.493 e. The van der Waals surface area contributed by atoms with E-state index in [-0.39, 0.29) is 0 Å². The van der Waals surface area contributed by atoms with Crippen molar-refractivity contribution in [2.45, 2.75) is 13.5 Å². The van der Waals surface area contributed by atoms with E-state index >= 15 is 0 Å². The zero-order valence-corrected chi connectivity index (χ0v) is 15.3. The Labute approximate surface area is 156 Å². The van der Waals surface area contributed by atoms with Crippen LogP contribution in [-0.4, -0.2) is 23.0 Å². The number of hydrogen-bond acceptors (Lipinski definition) is 5. The molecule has 1 heterocycles. The van der Waals surface area contributed by atoms with Crippen LogP contribution >= 0.6 is 11.6 Å². The van der Waals surface area contributed by atoms with Crippen molar-refractivity contribution in [2.24, 2.45) is 5.10 Å². The van der Waals surface area contributed by atoms with Crippen LogP contribution in [-0.2, 0) is 6.61 Å². The number of anilines is 1. The van der Waals surface area contributed by atoms with Gasteiger partial charge in [0.05, 0.1) is 25.2 Å². The molecular formula is C19H19ClN4O2. The molecule has 0 saturated heterocycles. The Balaban J connectivity index is 1.87. The highest BCUT2D eigenvalue weighted by molar-refractivity contribution is 6.30. The van der Waals surface area contributed by atoms with E-state index in [4.69, 9.17) is 26.8 Å². The zero-order chi connectivity index (χ0) is 18.5. The topological polar surface area (TPSA) is 74.7 Å². The molecule has 0 fully saturated rings. The quantitative estimate of drug-likeness (QED) is 0.668. The highest BCUT2D eigenvalue weighted by atomic mass is 35.5. The van der Waals surface area contributed by atoms with Crippen molar-refractivity contribution in [3.8, 4) is 11.5 Å². The zero-order valence-electron chi connectivity index (χ0n) is 14.5. The molecule has 0 radical (unpaired) electrons. The Morgan fingerprint density at radius 2 is 2.08 bits per heavy atom. The lowest BCUT2D eigenvalue weighted by Crippen LogP contribution is -2.02. The first-order valence-corrected chi connectivity index (χ1v) is 8.34. The summed E-state index contributed by atoms with van der Waals surface area (Å²) in [5, 5.41) is 5.02. The summed E-state index contributed by atoms with van der Waals surface area (Å²) in [4.78, 5) is 4.12. The fraction of sp³-hybridized carbons (Fsp3) is 0.158. The number of aromatic nitrogens is 2. The number of rotatable bonds is 6. The van der Waals surface area contributed by atoms with Gasteiger partial charge in [0.15, 0.2) is 11.5 Å². The average Bonchev–Trinajstić information content (AvgIpc) is 2.95. The molecule has 0 aliphatic carbocycles. The van der Waals surface area contributed by atoms with Crippen LogP contribution in [0.3, 0.4) is 0 Å². The van der Waals surface area contributed by atoms with Gasteiger partial charge in [0.25, 0.3) is 0 Å². The highest BCUT2D eigenvalue weighted by Crippen LogP contribution is 2.31. The third-order valence-corrected chi connectivity index (χ3v) is 3.89. The summed E-state index contributed by atoms with van der Waals surface area (Å²) in [6, 6.07) is 13.1. The van der Waals surface area contributed by atoms with E-state index in [2.05, 4.69) is 10.1 Å². The maximum atomic E-state index is 6.03. The van der Waals surface area contributed by atoms with Crippen LogP contribution in [0.15, 0.2) is 53.8 Å². The van der Waals surface area contributed by atoms with Gasteiger partial charge in [0.2, 0.25) is 5.95 Å². The maximum Gasteiger partial charge on any atom is 0.221 e. The number of ether oxygens (including phenoxy) is 2. The van der Waals surface area contributed by atoms with E-state index in [1.54, 1.807) is 19.5 Å². The number of nitrogens with zero attached hydrogens (tertiary/aromatic N) is 3. The van der Waals surface area contributed by atoms with Crippen molar-refractivity contribution in [3.63, 3.8) is 0 Å². The summed E-state index contributed by atoms with van der Waals surface area (Å²) < 4.78 is 12.9. The van der Waals surface area contributed by atoms with Gasteiger partial charge in [0, 0.05) is 10.6 Å². The molecule has 0 bridgehead atoms. The van der Waals surface area contributed by atoms with Gasteiger partial charge in [-0.15, -0.1) is 0 Å². The van der Waals surface area contributed by atoms with E-state index < -0.39 is 0 Å². The summed E-state index contributed by atoms with van der Waals surface area (Å²) in [6.45, 7) is 2.21. The van der Waals surface area contributed by atoms with Crippen molar-refractivity contribution in [2.75, 3.05) is 12.8 Å². The third kappa shape index (κ3) is 4.15. The second kappa shape index (κ2) is 7.93. The van der Waals surface area contributed by atoms with Crippen LogP contribution in [0.4, 0.5) is 5.95 Å². The monoisotopic (exact) mass is 370 g/mol. The molecule has 134 valence electrons. The molecular weight excluding hydrogens is 352 g/mol. The maximum absolute atomic E-state index is 6.03. The van der Waals surface area contributed by atoms with Crippen LogP contribution < -0.4 is 15.2 Å². The first-order chi connectivity index (χ1) is 12.6. The molecule has 0 aliphatic heterocycles. The first kappa shape index (κ1) is 17.8. The van der Waals surface area contributed by atoms with E-state index in [1.165, 1.54) is 4.68 Å². The molecule has 2 N–H and O–H groups in total. The lowest BCUT2D eigenvalue weighted by molar-refractivity contribution is 0.284. The number of nitrogen functional groups attached to an aromatic ring is 1. The molecule has 2 aromatic carbocycles. The van der Waals surface area contributed by atoms with Gasteiger partial charge in [-0.2, -0.15) is 5.10 Å². The van der Waals surface area contributed by atoms with Gasteiger partial charge in [-0.3, -0.25) is 0 Å². The average molecular weight is 371 g/mol. The van der Waals surface area contributed by atoms with Gasteiger partial charge in [-0.1, -0.05) is 29.8 Å². The Hall–Kier alpha value is -2.99. The Kier molecular flexibility index (Phi) is 5.43. The highest BCUT2D eigenvalue weighted by Gasteiger charge is 2.10. The summed E-state index contributed by atoms with van der Waals surface area (Å²) >= 11 is 6.03. The fourth-order valence-corrected chi connectivity index (χ4v) is 2.67. The van der Waals surface area contributed by atoms with Crippen LogP contribution in [0, 0.1) is 6.92 Å². The standard InChI is InChI=1S/C19H19ClN4O2/c1-13-11-24(19(21)23-13)22-10-15-6-4-8-17(25-2)18(15)26-12-14-5-3-7-16(20)9-14/h3-11H,12H2,1-2H3,(H2,21,23). The molecule has 0 spiro atoms. The molecule has 1 aromatic heterocycles. The van der Waals surface area contributed by atoms with Gasteiger partial charge in [-0.25, -0.2) is 9.66 Å². The fourth-order valence-electron chi connectivity index (χ4n) is 2.45. The lowest BCUT2D eigenvalue weighted by atomic mass is 10.2. The van der Waals surface area contributed by atoms with Crippen molar-refractivity contribution in [1.29, 1.82) is 0 Å². The molecule has 7 heteroatoms. The summed E-state index contributed by atoms with van der Waals surface area (Å²) in [5.41, 5.74) is 8.33. The van der Waals surface area contributed by atoms with Crippen LogP contribution in [0.5, 0.6) is 11.5 Å². The second-order valence-electron chi connectivity index (χ2n) is 5.63. The first-order valence-electron chi connectivity index (χ1n) is 7.97. The molecule has 0 atom stereocenters. The smallest absolute Gasteiger partial charge is 0.221 e. The molecule has 26 heavy (non-hydrogen) atoms. The summed E-state index contributed by atoms with van der Waals surface area (Å²) in [5.74, 6) is 1.53. The number of aryl methyl sites for hydroxylation is 1. The van der Waals surface area contributed by atoms with Gasteiger partial charge >= 0.3 is 0 Å². The number of methoxy groups -OCH3 is 1. The van der Waals surface area contributed by atoms with Crippen molar-refractivity contribution in [3.05, 3.63) is 70.5 Å². The van der Waals surface area contributed by atoms with Gasteiger partial charge in [0.1, 0.15) is 6.61 Å². The third-order valence-electron chi connectivity index (χ3n) is 3.66. The summed E-state index contributed by atoms with van der Waals surface area (Å²) in [6.07, 6.45) is 3.41. The minimum Gasteiger partial charge on any atom is -0.493 e. The number of benzene rings is 2. The molecule has 3 rings (SSSR count). The van der Waals surface area contributed by atoms with Crippen LogP contribution in [0.2, 0.25) is 5.02 Å². The second-order valence-corrected chi connectivity index (χ2v) is 6.06. The number of imidazole rings is 1. The number of para-hydroxylation sites is 1. The Bertz CT molecular complexity index is 937. The van der Waals surface area contributed by atoms with E-state index in [9.17, 15) is 0 Å². The van der Waals surface area contributed by atoms with Crippen molar-refractivity contribution >= 4 is 23.8 Å². The van der Waals surface area contributed by atoms with Gasteiger partial charge in [-0.05, 0) is 36.8 Å². The van der Waals surface area contributed by atoms with Crippen molar-refractivity contribution < 1.29 is 9.47 Å². The Morgan fingerprint density at radius 3 is 2.77 bits per heavy atom. The molecule has 3 aromatic rings. The van der Waals surface area contributed by atoms with E-state index in [1.807, 2.05) is 49.4 Å². The van der Waals surface area contributed by atoms with Crippen molar-refractivity contribution in [1.82, 2.24) is 9.66 Å². The normalized spacial score (nSPS) is 11.0. The van der Waals surface area contributed by atoms with Gasteiger partial charge < -0.3 is 15.2 Å². The summed E-state index contributed by atoms with van der Waals surface area (Å²) in [7, 11) is 1.60. The Morgan fingerprint density at radius 1 is 1.27 bits per heavy atom. The molecule has 0 amide bonds. The molecule has 0 aliphatic rings. The number of nitrogens with two attached hydrogens (primary N) is 1. The minimum atomic E-state index is 0.322. The molecule has 0 unspecified atom stereocenters. The van der Waals surface area contributed by atoms with Crippen LogP contribution in [0.25, 0.3) is 0 Å². The SMILES string of the molecule is COc1cccc(C=Nn2cc(C)nc2N)c1OCc1cccc(Cl)c1. The minimum absolute atomic E-state index is 0.322. The predicted octanol–water partition coefficient (Wildman–Crippen LogP) is 3.90. The molecule has 0 saturated carbocycles. The number of halogens is 1.